The molecule has 0 saturated carbocycles. The molecule has 5 nitrogen and oxygen atoms in total. The Labute approximate surface area is 141 Å². The molecule has 0 bridgehead atoms. The minimum absolute atomic E-state index is 0.163. The van der Waals surface area contributed by atoms with E-state index in [-0.39, 0.29) is 11.7 Å². The second-order valence-electron chi connectivity index (χ2n) is 4.68. The summed E-state index contributed by atoms with van der Waals surface area (Å²) in [7, 11) is 0. The first kappa shape index (κ1) is 15.4. The maximum absolute atomic E-state index is 12.0. The number of nitrogens with zero attached hydrogens (tertiary/aromatic N) is 3. The van der Waals surface area contributed by atoms with Gasteiger partial charge >= 0.3 is 0 Å². The first-order chi connectivity index (χ1) is 11.2. The summed E-state index contributed by atoms with van der Waals surface area (Å²) < 4.78 is 1.93. The molecule has 1 aromatic carbocycles. The number of rotatable bonds is 4. The van der Waals surface area contributed by atoms with E-state index in [4.69, 9.17) is 16.9 Å². The smallest absolute Gasteiger partial charge is 0.234 e. The first-order valence-electron chi connectivity index (χ1n) is 6.72. The third kappa shape index (κ3) is 3.47. The predicted octanol–water partition coefficient (Wildman–Crippen LogP) is 3.59. The van der Waals surface area contributed by atoms with Crippen molar-refractivity contribution >= 4 is 40.5 Å². The van der Waals surface area contributed by atoms with Crippen LogP contribution in [0.15, 0.2) is 53.9 Å². The van der Waals surface area contributed by atoms with Crippen LogP contribution in [-0.4, -0.2) is 21.0 Å². The fraction of sp³-hybridized carbons (Fsp3) is 0.0625. The van der Waals surface area contributed by atoms with Gasteiger partial charge in [0, 0.05) is 11.9 Å². The number of aromatic nitrogens is 2. The summed E-state index contributed by atoms with van der Waals surface area (Å²) >= 11 is 7.29. The Bertz CT molecular complexity index is 916. The lowest BCUT2D eigenvalue weighted by Gasteiger charge is -2.06. The molecular weight excluding hydrogens is 332 g/mol. The van der Waals surface area contributed by atoms with Crippen LogP contribution < -0.4 is 5.32 Å². The van der Waals surface area contributed by atoms with Crippen molar-refractivity contribution in [1.29, 1.82) is 5.26 Å². The zero-order chi connectivity index (χ0) is 16.2. The zero-order valence-electron chi connectivity index (χ0n) is 11.9. The van der Waals surface area contributed by atoms with Crippen molar-refractivity contribution in [3.63, 3.8) is 0 Å². The van der Waals surface area contributed by atoms with Crippen molar-refractivity contribution in [2.75, 3.05) is 11.1 Å². The van der Waals surface area contributed by atoms with Crippen LogP contribution in [0.5, 0.6) is 0 Å². The molecule has 114 valence electrons. The molecule has 2 aromatic heterocycles. The van der Waals surface area contributed by atoms with E-state index in [2.05, 4.69) is 10.3 Å². The molecule has 0 aliphatic rings. The third-order valence-electron chi connectivity index (χ3n) is 3.11. The molecule has 1 N–H and O–H groups in total. The molecule has 0 saturated heterocycles. The average Bonchev–Trinajstić information content (AvgIpc) is 2.96. The van der Waals surface area contributed by atoms with E-state index in [1.807, 2.05) is 34.9 Å². The topological polar surface area (TPSA) is 70.2 Å². The molecular formula is C16H11ClN4OS. The molecule has 0 radical (unpaired) electrons. The highest BCUT2D eigenvalue weighted by atomic mass is 35.5. The van der Waals surface area contributed by atoms with Crippen LogP contribution in [0.4, 0.5) is 5.69 Å². The Hall–Kier alpha value is -2.49. The van der Waals surface area contributed by atoms with Gasteiger partial charge in [-0.15, -0.1) is 0 Å². The number of hydrogen-bond donors (Lipinski definition) is 1. The second kappa shape index (κ2) is 6.73. The number of hydrogen-bond acceptors (Lipinski definition) is 4. The highest BCUT2D eigenvalue weighted by molar-refractivity contribution is 7.99. The van der Waals surface area contributed by atoms with Crippen LogP contribution in [0.1, 0.15) is 5.56 Å². The summed E-state index contributed by atoms with van der Waals surface area (Å²) in [5, 5.41) is 12.7. The van der Waals surface area contributed by atoms with Crippen LogP contribution in [0, 0.1) is 11.3 Å². The molecule has 7 heteroatoms. The number of anilines is 1. The Kier molecular flexibility index (Phi) is 4.51. The Balaban J connectivity index is 1.64. The number of nitriles is 1. The molecule has 3 aromatic rings. The lowest BCUT2D eigenvalue weighted by atomic mass is 10.2. The van der Waals surface area contributed by atoms with E-state index in [1.165, 1.54) is 11.8 Å². The van der Waals surface area contributed by atoms with Crippen molar-refractivity contribution < 1.29 is 4.79 Å². The fourth-order valence-electron chi connectivity index (χ4n) is 2.04. The average molecular weight is 343 g/mol. The van der Waals surface area contributed by atoms with Crippen molar-refractivity contribution in [2.45, 2.75) is 5.16 Å². The molecule has 0 aliphatic heterocycles. The van der Waals surface area contributed by atoms with E-state index in [0.717, 1.165) is 10.7 Å². The number of carbonyl (C=O) groups excluding carboxylic acids is 1. The van der Waals surface area contributed by atoms with Gasteiger partial charge in [-0.2, -0.15) is 5.26 Å². The molecule has 2 heterocycles. The maximum Gasteiger partial charge on any atom is 0.234 e. The highest BCUT2D eigenvalue weighted by Gasteiger charge is 2.09. The molecule has 0 aliphatic carbocycles. The zero-order valence-corrected chi connectivity index (χ0v) is 13.4. The SMILES string of the molecule is N#Cc1ccc(NC(=O)CSc2ncc3ccccn23)cc1Cl. The van der Waals surface area contributed by atoms with Gasteiger partial charge in [0.25, 0.3) is 0 Å². The van der Waals surface area contributed by atoms with Gasteiger partial charge < -0.3 is 5.32 Å². The summed E-state index contributed by atoms with van der Waals surface area (Å²) in [5.41, 5.74) is 1.92. The van der Waals surface area contributed by atoms with E-state index < -0.39 is 0 Å². The number of carbonyl (C=O) groups is 1. The summed E-state index contributed by atoms with van der Waals surface area (Å²) in [6, 6.07) is 12.6. The molecule has 1 amide bonds. The third-order valence-corrected chi connectivity index (χ3v) is 4.39. The number of amides is 1. The number of halogens is 1. The van der Waals surface area contributed by atoms with Crippen molar-refractivity contribution in [2.24, 2.45) is 0 Å². The van der Waals surface area contributed by atoms with Crippen LogP contribution in [0.3, 0.4) is 0 Å². The van der Waals surface area contributed by atoms with E-state index in [9.17, 15) is 4.79 Å². The highest BCUT2D eigenvalue weighted by Crippen LogP contribution is 2.21. The van der Waals surface area contributed by atoms with E-state index in [0.29, 0.717) is 16.3 Å². The molecule has 3 rings (SSSR count). The monoisotopic (exact) mass is 342 g/mol. The number of fused-ring (bicyclic) bond motifs is 1. The normalized spacial score (nSPS) is 10.4. The van der Waals surface area contributed by atoms with Gasteiger partial charge in [0.05, 0.1) is 28.1 Å². The van der Waals surface area contributed by atoms with Crippen molar-refractivity contribution in [3.05, 3.63) is 59.4 Å². The van der Waals surface area contributed by atoms with Crippen LogP contribution >= 0.6 is 23.4 Å². The van der Waals surface area contributed by atoms with Crippen LogP contribution in [0.2, 0.25) is 5.02 Å². The van der Waals surface area contributed by atoms with Gasteiger partial charge in [-0.3, -0.25) is 9.20 Å². The Morgan fingerprint density at radius 2 is 2.26 bits per heavy atom. The van der Waals surface area contributed by atoms with Gasteiger partial charge in [-0.1, -0.05) is 29.4 Å². The largest absolute Gasteiger partial charge is 0.325 e. The maximum atomic E-state index is 12.0. The minimum Gasteiger partial charge on any atom is -0.325 e. The number of imidazole rings is 1. The van der Waals surface area contributed by atoms with Gasteiger partial charge in [0.1, 0.15) is 6.07 Å². The lowest BCUT2D eigenvalue weighted by Crippen LogP contribution is -2.14. The van der Waals surface area contributed by atoms with Gasteiger partial charge in [0.2, 0.25) is 5.91 Å². The fourth-order valence-corrected chi connectivity index (χ4v) is 3.02. The molecule has 0 fully saturated rings. The lowest BCUT2D eigenvalue weighted by molar-refractivity contribution is -0.113. The number of pyridine rings is 1. The Morgan fingerprint density at radius 1 is 1.39 bits per heavy atom. The van der Waals surface area contributed by atoms with E-state index in [1.54, 1.807) is 24.4 Å². The van der Waals surface area contributed by atoms with E-state index >= 15 is 0 Å². The van der Waals surface area contributed by atoms with Gasteiger partial charge in [-0.05, 0) is 30.3 Å². The standard InChI is InChI=1S/C16H11ClN4OS/c17-14-7-12(5-4-11(14)8-18)20-15(22)10-23-16-19-9-13-3-1-2-6-21(13)16/h1-7,9H,10H2,(H,20,22). The van der Waals surface area contributed by atoms with Crippen molar-refractivity contribution in [3.8, 4) is 6.07 Å². The Morgan fingerprint density at radius 3 is 3.04 bits per heavy atom. The number of nitrogens with one attached hydrogen (secondary N) is 1. The van der Waals surface area contributed by atoms with Crippen LogP contribution in [0.25, 0.3) is 5.52 Å². The summed E-state index contributed by atoms with van der Waals surface area (Å²) in [5.74, 6) is 0.0643. The molecule has 0 spiro atoms. The molecule has 0 unspecified atom stereocenters. The van der Waals surface area contributed by atoms with Gasteiger partial charge in [0.15, 0.2) is 5.16 Å². The predicted molar refractivity (Wildman–Crippen MR) is 90.7 cm³/mol. The summed E-state index contributed by atoms with van der Waals surface area (Å²) in [6.07, 6.45) is 3.67. The second-order valence-corrected chi connectivity index (χ2v) is 6.03. The van der Waals surface area contributed by atoms with Crippen LogP contribution in [-0.2, 0) is 4.79 Å². The molecule has 23 heavy (non-hydrogen) atoms. The minimum atomic E-state index is -0.163. The summed E-state index contributed by atoms with van der Waals surface area (Å²) in [4.78, 5) is 16.3. The molecule has 0 atom stereocenters. The van der Waals surface area contributed by atoms with Crippen molar-refractivity contribution in [1.82, 2.24) is 9.38 Å². The number of benzene rings is 1. The quantitative estimate of drug-likeness (QED) is 0.735. The number of thioether (sulfide) groups is 1. The summed E-state index contributed by atoms with van der Waals surface area (Å²) in [6.45, 7) is 0. The van der Waals surface area contributed by atoms with Gasteiger partial charge in [-0.25, -0.2) is 4.98 Å². The first-order valence-corrected chi connectivity index (χ1v) is 8.08.